The van der Waals surface area contributed by atoms with E-state index in [2.05, 4.69) is 10.6 Å². The SMILES string of the molecule is Cl.NCCNC(=O)c1cccc(S(=O)(=O)N2CCNC(=O)C2)c1. The van der Waals surface area contributed by atoms with Gasteiger partial charge in [-0.15, -0.1) is 12.4 Å². The fraction of sp³-hybridized carbons (Fsp3) is 0.385. The third kappa shape index (κ3) is 4.64. The Morgan fingerprint density at radius 1 is 1.39 bits per heavy atom. The van der Waals surface area contributed by atoms with Crippen LogP contribution in [0.2, 0.25) is 0 Å². The predicted octanol–water partition coefficient (Wildman–Crippen LogP) is -1.08. The second-order valence-corrected chi connectivity index (χ2v) is 6.70. The lowest BCUT2D eigenvalue weighted by Gasteiger charge is -2.26. The van der Waals surface area contributed by atoms with Gasteiger partial charge in [0.25, 0.3) is 5.91 Å². The molecule has 1 heterocycles. The number of carbonyl (C=O) groups is 2. The van der Waals surface area contributed by atoms with E-state index in [9.17, 15) is 18.0 Å². The highest BCUT2D eigenvalue weighted by Gasteiger charge is 2.29. The maximum atomic E-state index is 12.5. The van der Waals surface area contributed by atoms with Crippen molar-refractivity contribution in [1.29, 1.82) is 0 Å². The van der Waals surface area contributed by atoms with Gasteiger partial charge in [0, 0.05) is 31.7 Å². The first-order chi connectivity index (χ1) is 10.4. The molecule has 1 fully saturated rings. The van der Waals surface area contributed by atoms with Crippen LogP contribution in [0, 0.1) is 0 Å². The molecule has 4 N–H and O–H groups in total. The number of amides is 2. The molecule has 1 aromatic carbocycles. The van der Waals surface area contributed by atoms with Crippen molar-refractivity contribution in [2.45, 2.75) is 4.90 Å². The second kappa shape index (κ2) is 8.25. The van der Waals surface area contributed by atoms with Gasteiger partial charge in [0.05, 0.1) is 11.4 Å². The number of hydrogen-bond acceptors (Lipinski definition) is 5. The molecular formula is C13H19ClN4O4S. The largest absolute Gasteiger partial charge is 0.354 e. The first-order valence-corrected chi connectivity index (χ1v) is 8.24. The van der Waals surface area contributed by atoms with E-state index in [-0.39, 0.29) is 54.3 Å². The maximum absolute atomic E-state index is 12.5. The van der Waals surface area contributed by atoms with Crippen molar-refractivity contribution in [3.8, 4) is 0 Å². The lowest BCUT2D eigenvalue weighted by atomic mass is 10.2. The van der Waals surface area contributed by atoms with E-state index in [1.165, 1.54) is 24.3 Å². The van der Waals surface area contributed by atoms with Crippen molar-refractivity contribution in [3.63, 3.8) is 0 Å². The summed E-state index contributed by atoms with van der Waals surface area (Å²) in [6.07, 6.45) is 0. The molecule has 0 aromatic heterocycles. The Bertz CT molecular complexity index is 680. The van der Waals surface area contributed by atoms with Crippen molar-refractivity contribution >= 4 is 34.2 Å². The number of halogens is 1. The molecule has 10 heteroatoms. The molecule has 2 rings (SSSR count). The summed E-state index contributed by atoms with van der Waals surface area (Å²) < 4.78 is 26.1. The number of nitrogens with one attached hydrogen (secondary N) is 2. The van der Waals surface area contributed by atoms with Gasteiger partial charge in [0.15, 0.2) is 0 Å². The fourth-order valence-corrected chi connectivity index (χ4v) is 3.50. The van der Waals surface area contributed by atoms with Crippen molar-refractivity contribution in [2.75, 3.05) is 32.7 Å². The van der Waals surface area contributed by atoms with Gasteiger partial charge in [-0.3, -0.25) is 9.59 Å². The molecule has 8 nitrogen and oxygen atoms in total. The number of rotatable bonds is 5. The summed E-state index contributed by atoms with van der Waals surface area (Å²) in [6, 6.07) is 5.72. The molecule has 23 heavy (non-hydrogen) atoms. The zero-order valence-electron chi connectivity index (χ0n) is 12.3. The van der Waals surface area contributed by atoms with Crippen LogP contribution in [-0.2, 0) is 14.8 Å². The average molecular weight is 363 g/mol. The molecule has 0 bridgehead atoms. The van der Waals surface area contributed by atoms with Gasteiger partial charge in [-0.05, 0) is 18.2 Å². The molecule has 0 unspecified atom stereocenters. The summed E-state index contributed by atoms with van der Waals surface area (Å²) >= 11 is 0. The summed E-state index contributed by atoms with van der Waals surface area (Å²) in [4.78, 5) is 23.2. The van der Waals surface area contributed by atoms with Gasteiger partial charge in [0.1, 0.15) is 0 Å². The summed E-state index contributed by atoms with van der Waals surface area (Å²) in [7, 11) is -3.80. The van der Waals surface area contributed by atoms with E-state index >= 15 is 0 Å². The zero-order valence-corrected chi connectivity index (χ0v) is 14.0. The second-order valence-electron chi connectivity index (χ2n) is 4.76. The van der Waals surface area contributed by atoms with Gasteiger partial charge in [-0.2, -0.15) is 4.31 Å². The van der Waals surface area contributed by atoms with Crippen molar-refractivity contribution in [2.24, 2.45) is 5.73 Å². The van der Waals surface area contributed by atoms with E-state index in [1.54, 1.807) is 0 Å². The van der Waals surface area contributed by atoms with Gasteiger partial charge in [-0.25, -0.2) is 8.42 Å². The predicted molar refractivity (Wildman–Crippen MR) is 86.8 cm³/mol. The van der Waals surface area contributed by atoms with Crippen LogP contribution >= 0.6 is 12.4 Å². The number of hydrogen-bond donors (Lipinski definition) is 3. The van der Waals surface area contributed by atoms with Crippen molar-refractivity contribution in [3.05, 3.63) is 29.8 Å². The lowest BCUT2D eigenvalue weighted by Crippen LogP contribution is -2.49. The van der Waals surface area contributed by atoms with E-state index in [0.29, 0.717) is 13.1 Å². The highest BCUT2D eigenvalue weighted by molar-refractivity contribution is 7.89. The van der Waals surface area contributed by atoms with Crippen molar-refractivity contribution in [1.82, 2.24) is 14.9 Å². The molecule has 0 saturated carbocycles. The molecule has 0 atom stereocenters. The van der Waals surface area contributed by atoms with Crippen LogP contribution in [-0.4, -0.2) is 57.3 Å². The van der Waals surface area contributed by atoms with Gasteiger partial charge in [0.2, 0.25) is 15.9 Å². The topological polar surface area (TPSA) is 122 Å². The minimum absolute atomic E-state index is 0. The monoisotopic (exact) mass is 362 g/mol. The Balaban J connectivity index is 0.00000264. The molecule has 1 aliphatic heterocycles. The molecule has 0 spiro atoms. The highest BCUT2D eigenvalue weighted by atomic mass is 35.5. The first-order valence-electron chi connectivity index (χ1n) is 6.80. The van der Waals surface area contributed by atoms with Gasteiger partial charge >= 0.3 is 0 Å². The van der Waals surface area contributed by atoms with Crippen LogP contribution in [0.5, 0.6) is 0 Å². The van der Waals surface area contributed by atoms with Crippen LogP contribution < -0.4 is 16.4 Å². The molecule has 1 aliphatic rings. The van der Waals surface area contributed by atoms with Crippen LogP contribution in [0.1, 0.15) is 10.4 Å². The van der Waals surface area contributed by atoms with E-state index in [0.717, 1.165) is 4.31 Å². The molecule has 128 valence electrons. The molecular weight excluding hydrogens is 344 g/mol. The number of sulfonamides is 1. The summed E-state index contributed by atoms with van der Waals surface area (Å²) in [5, 5.41) is 5.14. The molecule has 1 saturated heterocycles. The summed E-state index contributed by atoms with van der Waals surface area (Å²) in [5.41, 5.74) is 5.54. The first kappa shape index (κ1) is 19.4. The molecule has 2 amide bonds. The van der Waals surface area contributed by atoms with E-state index < -0.39 is 10.0 Å². The Kier molecular flexibility index (Phi) is 6.95. The Morgan fingerprint density at radius 2 is 2.13 bits per heavy atom. The smallest absolute Gasteiger partial charge is 0.251 e. The average Bonchev–Trinajstić information content (AvgIpc) is 2.52. The van der Waals surface area contributed by atoms with Gasteiger partial charge in [-0.1, -0.05) is 6.07 Å². The normalized spacial score (nSPS) is 15.4. The third-order valence-electron chi connectivity index (χ3n) is 3.17. The standard InChI is InChI=1S/C13H18N4O4S.ClH/c14-4-5-16-13(19)10-2-1-3-11(8-10)22(20,21)17-7-6-15-12(18)9-17;/h1-3,8H,4-7,9,14H2,(H,15,18)(H,16,19);1H. The number of nitrogens with zero attached hydrogens (tertiary/aromatic N) is 1. The third-order valence-corrected chi connectivity index (χ3v) is 5.01. The Morgan fingerprint density at radius 3 is 2.78 bits per heavy atom. The quantitative estimate of drug-likeness (QED) is 0.615. The summed E-state index contributed by atoms with van der Waals surface area (Å²) in [6.45, 7) is 0.868. The number of carbonyl (C=O) groups excluding carboxylic acids is 2. The lowest BCUT2D eigenvalue weighted by molar-refractivity contribution is -0.122. The Hall–Kier alpha value is -1.68. The molecule has 0 radical (unpaired) electrons. The highest BCUT2D eigenvalue weighted by Crippen LogP contribution is 2.17. The van der Waals surface area contributed by atoms with Crippen LogP contribution in [0.25, 0.3) is 0 Å². The molecule has 1 aromatic rings. The van der Waals surface area contributed by atoms with E-state index in [4.69, 9.17) is 5.73 Å². The summed E-state index contributed by atoms with van der Waals surface area (Å²) in [5.74, 6) is -0.731. The van der Waals surface area contributed by atoms with Crippen LogP contribution in [0.15, 0.2) is 29.2 Å². The fourth-order valence-electron chi connectivity index (χ4n) is 2.05. The molecule has 0 aliphatic carbocycles. The van der Waals surface area contributed by atoms with Crippen LogP contribution in [0.4, 0.5) is 0 Å². The van der Waals surface area contributed by atoms with Crippen LogP contribution in [0.3, 0.4) is 0 Å². The maximum Gasteiger partial charge on any atom is 0.251 e. The van der Waals surface area contributed by atoms with Gasteiger partial charge < -0.3 is 16.4 Å². The van der Waals surface area contributed by atoms with E-state index in [1.807, 2.05) is 0 Å². The number of nitrogens with two attached hydrogens (primary N) is 1. The minimum Gasteiger partial charge on any atom is -0.354 e. The number of benzene rings is 1. The number of piperazine rings is 1. The van der Waals surface area contributed by atoms with Crippen molar-refractivity contribution < 1.29 is 18.0 Å². The Labute approximate surface area is 140 Å². The minimum atomic E-state index is -3.80. The zero-order chi connectivity index (χ0) is 16.2.